The van der Waals surface area contributed by atoms with Crippen LogP contribution in [0.5, 0.6) is 0 Å². The van der Waals surface area contributed by atoms with Crippen LogP contribution in [0.25, 0.3) is 0 Å². The number of nitrogens with one attached hydrogen (secondary N) is 2. The molecule has 0 spiro atoms. The maximum atomic E-state index is 3.94. The van der Waals surface area contributed by atoms with Gasteiger partial charge >= 0.3 is 0 Å². The number of aromatic amines is 1. The van der Waals surface area contributed by atoms with E-state index in [0.29, 0.717) is 0 Å². The molecule has 0 radical (unpaired) electrons. The zero-order chi connectivity index (χ0) is 9.97. The van der Waals surface area contributed by atoms with E-state index in [-0.39, 0.29) is 0 Å². The number of hydrogen-bond donors (Lipinski definition) is 2. The number of hydrogen-bond acceptors (Lipinski definition) is 2. The van der Waals surface area contributed by atoms with Gasteiger partial charge in [0, 0.05) is 10.2 Å². The Bertz CT molecular complexity index is 436. The highest BCUT2D eigenvalue weighted by molar-refractivity contribution is 9.10. The molecule has 0 bridgehead atoms. The molecule has 14 heavy (non-hydrogen) atoms. The molecule has 0 aliphatic heterocycles. The van der Waals surface area contributed by atoms with Gasteiger partial charge in [0.25, 0.3) is 0 Å². The van der Waals surface area contributed by atoms with Gasteiger partial charge < -0.3 is 5.32 Å². The van der Waals surface area contributed by atoms with Crippen LogP contribution in [0.2, 0.25) is 0 Å². The second kappa shape index (κ2) is 3.84. The van der Waals surface area contributed by atoms with Crippen molar-refractivity contribution in [3.63, 3.8) is 0 Å². The quantitative estimate of drug-likeness (QED) is 0.861. The molecule has 2 N–H and O–H groups in total. The van der Waals surface area contributed by atoms with Gasteiger partial charge in [-0.2, -0.15) is 5.10 Å². The SMILES string of the molecule is Cc1[nH]ncc1Nc1cccc(Br)c1. The molecule has 4 heteroatoms. The maximum Gasteiger partial charge on any atom is 0.0797 e. The summed E-state index contributed by atoms with van der Waals surface area (Å²) < 4.78 is 1.06. The van der Waals surface area contributed by atoms with Gasteiger partial charge in [-0.15, -0.1) is 0 Å². The molecule has 2 rings (SSSR count). The number of H-pyrrole nitrogens is 1. The Morgan fingerprint density at radius 3 is 2.93 bits per heavy atom. The molecule has 0 atom stereocenters. The van der Waals surface area contributed by atoms with Crippen LogP contribution in [0, 0.1) is 6.92 Å². The number of aromatic nitrogens is 2. The molecule has 0 amide bonds. The third kappa shape index (κ3) is 1.96. The average molecular weight is 252 g/mol. The predicted molar refractivity (Wildman–Crippen MR) is 60.7 cm³/mol. The van der Waals surface area contributed by atoms with Crippen LogP contribution < -0.4 is 5.32 Å². The lowest BCUT2D eigenvalue weighted by Crippen LogP contribution is -1.90. The van der Waals surface area contributed by atoms with Crippen molar-refractivity contribution in [1.29, 1.82) is 0 Å². The Hall–Kier alpha value is -1.29. The molecule has 72 valence electrons. The third-order valence-corrected chi connectivity index (χ3v) is 2.43. The van der Waals surface area contributed by atoms with E-state index < -0.39 is 0 Å². The van der Waals surface area contributed by atoms with Crippen LogP contribution in [0.15, 0.2) is 34.9 Å². The summed E-state index contributed by atoms with van der Waals surface area (Å²) in [5.74, 6) is 0. The first-order valence-corrected chi connectivity index (χ1v) is 5.07. The zero-order valence-electron chi connectivity index (χ0n) is 7.71. The van der Waals surface area contributed by atoms with Crippen molar-refractivity contribution in [2.45, 2.75) is 6.92 Å². The van der Waals surface area contributed by atoms with Crippen LogP contribution in [0.1, 0.15) is 5.69 Å². The highest BCUT2D eigenvalue weighted by Gasteiger charge is 2.00. The molecule has 2 aromatic rings. The molecular formula is C10H10BrN3. The molecule has 1 heterocycles. The second-order valence-electron chi connectivity index (χ2n) is 3.04. The normalized spacial score (nSPS) is 10.1. The van der Waals surface area contributed by atoms with E-state index in [9.17, 15) is 0 Å². The Balaban J connectivity index is 2.23. The van der Waals surface area contributed by atoms with Crippen LogP contribution >= 0.6 is 15.9 Å². The van der Waals surface area contributed by atoms with E-state index in [1.165, 1.54) is 0 Å². The standard InChI is InChI=1S/C10H10BrN3/c1-7-10(6-12-14-7)13-9-4-2-3-8(11)5-9/h2-6,13H,1H3,(H,12,14). The number of nitrogens with zero attached hydrogens (tertiary/aromatic N) is 1. The second-order valence-corrected chi connectivity index (χ2v) is 3.96. The van der Waals surface area contributed by atoms with E-state index in [1.54, 1.807) is 6.20 Å². The smallest absolute Gasteiger partial charge is 0.0797 e. The van der Waals surface area contributed by atoms with Gasteiger partial charge in [-0.05, 0) is 25.1 Å². The van der Waals surface area contributed by atoms with Crippen molar-refractivity contribution < 1.29 is 0 Å². The summed E-state index contributed by atoms with van der Waals surface area (Å²) in [6.07, 6.45) is 1.77. The fraction of sp³-hybridized carbons (Fsp3) is 0.100. The fourth-order valence-corrected chi connectivity index (χ4v) is 1.60. The summed E-state index contributed by atoms with van der Waals surface area (Å²) in [5.41, 5.74) is 3.08. The molecule has 0 unspecified atom stereocenters. The minimum absolute atomic E-state index is 1.00. The summed E-state index contributed by atoms with van der Waals surface area (Å²) in [6.45, 7) is 1.98. The Kier molecular flexibility index (Phi) is 2.54. The zero-order valence-corrected chi connectivity index (χ0v) is 9.30. The van der Waals surface area contributed by atoms with Crippen molar-refractivity contribution in [3.05, 3.63) is 40.6 Å². The average Bonchev–Trinajstić information content (AvgIpc) is 2.52. The Morgan fingerprint density at radius 1 is 1.43 bits per heavy atom. The van der Waals surface area contributed by atoms with Crippen LogP contribution in [0.4, 0.5) is 11.4 Å². The van der Waals surface area contributed by atoms with Gasteiger partial charge in [0.05, 0.1) is 17.6 Å². The fourth-order valence-electron chi connectivity index (χ4n) is 1.20. The highest BCUT2D eigenvalue weighted by atomic mass is 79.9. The number of benzene rings is 1. The number of rotatable bonds is 2. The van der Waals surface area contributed by atoms with Crippen molar-refractivity contribution in [2.24, 2.45) is 0 Å². The monoisotopic (exact) mass is 251 g/mol. The number of anilines is 2. The van der Waals surface area contributed by atoms with Crippen molar-refractivity contribution in [1.82, 2.24) is 10.2 Å². The summed E-state index contributed by atoms with van der Waals surface area (Å²) in [6, 6.07) is 8.01. The summed E-state index contributed by atoms with van der Waals surface area (Å²) in [5, 5.41) is 10.1. The minimum atomic E-state index is 1.00. The summed E-state index contributed by atoms with van der Waals surface area (Å²) in [7, 11) is 0. The number of halogens is 1. The van der Waals surface area contributed by atoms with Gasteiger partial charge in [0.1, 0.15) is 0 Å². The van der Waals surface area contributed by atoms with Crippen molar-refractivity contribution in [2.75, 3.05) is 5.32 Å². The summed E-state index contributed by atoms with van der Waals surface area (Å²) in [4.78, 5) is 0. The first-order valence-electron chi connectivity index (χ1n) is 4.28. The number of aryl methyl sites for hydroxylation is 1. The topological polar surface area (TPSA) is 40.7 Å². The van der Waals surface area contributed by atoms with E-state index >= 15 is 0 Å². The van der Waals surface area contributed by atoms with Crippen LogP contribution in [0.3, 0.4) is 0 Å². The predicted octanol–water partition coefficient (Wildman–Crippen LogP) is 3.22. The third-order valence-electron chi connectivity index (χ3n) is 1.93. The maximum absolute atomic E-state index is 3.94. The minimum Gasteiger partial charge on any atom is -0.353 e. The molecule has 0 aliphatic carbocycles. The van der Waals surface area contributed by atoms with Gasteiger partial charge in [0.15, 0.2) is 0 Å². The molecule has 0 saturated carbocycles. The van der Waals surface area contributed by atoms with Gasteiger partial charge in [-0.25, -0.2) is 0 Å². The molecule has 3 nitrogen and oxygen atoms in total. The van der Waals surface area contributed by atoms with Gasteiger partial charge in [-0.1, -0.05) is 22.0 Å². The molecule has 1 aromatic carbocycles. The first kappa shape index (κ1) is 9.27. The van der Waals surface area contributed by atoms with E-state index in [0.717, 1.165) is 21.5 Å². The van der Waals surface area contributed by atoms with E-state index in [1.807, 2.05) is 31.2 Å². The highest BCUT2D eigenvalue weighted by Crippen LogP contribution is 2.21. The molecule has 0 aliphatic rings. The largest absolute Gasteiger partial charge is 0.353 e. The van der Waals surface area contributed by atoms with Crippen LogP contribution in [-0.2, 0) is 0 Å². The lowest BCUT2D eigenvalue weighted by molar-refractivity contribution is 1.05. The lowest BCUT2D eigenvalue weighted by atomic mass is 10.3. The summed E-state index contributed by atoms with van der Waals surface area (Å²) >= 11 is 3.42. The van der Waals surface area contributed by atoms with E-state index in [2.05, 4.69) is 31.4 Å². The van der Waals surface area contributed by atoms with Crippen LogP contribution in [-0.4, -0.2) is 10.2 Å². The van der Waals surface area contributed by atoms with Gasteiger partial charge in [0.2, 0.25) is 0 Å². The van der Waals surface area contributed by atoms with Crippen molar-refractivity contribution >= 4 is 27.3 Å². The molecular weight excluding hydrogens is 242 g/mol. The molecule has 1 aromatic heterocycles. The van der Waals surface area contributed by atoms with Gasteiger partial charge in [-0.3, -0.25) is 5.10 Å². The Labute approximate surface area is 90.7 Å². The molecule has 0 saturated heterocycles. The molecule has 0 fully saturated rings. The van der Waals surface area contributed by atoms with E-state index in [4.69, 9.17) is 0 Å². The lowest BCUT2D eigenvalue weighted by Gasteiger charge is -2.04. The Morgan fingerprint density at radius 2 is 2.29 bits per heavy atom. The first-order chi connectivity index (χ1) is 6.75. The van der Waals surface area contributed by atoms with Crippen molar-refractivity contribution in [3.8, 4) is 0 Å².